The van der Waals surface area contributed by atoms with Gasteiger partial charge in [0.25, 0.3) is 5.91 Å². The zero-order valence-corrected chi connectivity index (χ0v) is 17.5. The van der Waals surface area contributed by atoms with Crippen molar-refractivity contribution in [2.45, 2.75) is 23.1 Å². The molecule has 5 rings (SSSR count). The van der Waals surface area contributed by atoms with Crippen LogP contribution in [0.1, 0.15) is 28.5 Å². The van der Waals surface area contributed by atoms with Gasteiger partial charge in [0, 0.05) is 30.8 Å². The molecule has 1 N–H and O–H groups in total. The third-order valence-electron chi connectivity index (χ3n) is 5.70. The number of nitrogens with one attached hydrogen (secondary N) is 1. The molecule has 0 spiro atoms. The Kier molecular flexibility index (Phi) is 5.41. The van der Waals surface area contributed by atoms with Crippen molar-refractivity contribution < 1.29 is 17.9 Å². The first-order valence-electron chi connectivity index (χ1n) is 9.57. The van der Waals surface area contributed by atoms with E-state index in [1.807, 2.05) is 16.8 Å². The Balaban J connectivity index is 0.00000205. The predicted octanol–water partition coefficient (Wildman–Crippen LogP) is 1.27. The number of carbonyl (C=O) groups is 1. The molecule has 10 heteroatoms. The maximum Gasteiger partial charge on any atom is 0.274 e. The van der Waals surface area contributed by atoms with E-state index in [0.29, 0.717) is 42.3 Å². The Hall–Kier alpha value is -1.94. The number of ether oxygens (including phenoxy) is 1. The number of aromatic nitrogens is 2. The van der Waals surface area contributed by atoms with Gasteiger partial charge in [0.15, 0.2) is 15.5 Å². The lowest BCUT2D eigenvalue weighted by molar-refractivity contribution is 0.0297. The van der Waals surface area contributed by atoms with Crippen LogP contribution in [0.25, 0.3) is 11.3 Å². The van der Waals surface area contributed by atoms with Gasteiger partial charge in [-0.2, -0.15) is 5.10 Å². The maximum absolute atomic E-state index is 13.2. The van der Waals surface area contributed by atoms with Crippen LogP contribution in [-0.2, 0) is 20.3 Å². The van der Waals surface area contributed by atoms with Crippen LogP contribution in [0.3, 0.4) is 0 Å². The van der Waals surface area contributed by atoms with Gasteiger partial charge < -0.3 is 15.0 Å². The van der Waals surface area contributed by atoms with Gasteiger partial charge in [0.05, 0.1) is 35.6 Å². The van der Waals surface area contributed by atoms with Gasteiger partial charge in [-0.1, -0.05) is 18.2 Å². The van der Waals surface area contributed by atoms with E-state index in [-0.39, 0.29) is 35.8 Å². The SMILES string of the molecule is Cl.O=C(c1nn(C2CCNC2)c2c1CS(=O)(=O)c1ccccc1-2)N1CCOCC1. The van der Waals surface area contributed by atoms with Crippen molar-refractivity contribution in [2.75, 3.05) is 39.4 Å². The van der Waals surface area contributed by atoms with Crippen LogP contribution in [0, 0.1) is 0 Å². The number of benzene rings is 1. The molecule has 2 aromatic rings. The zero-order valence-electron chi connectivity index (χ0n) is 15.8. The van der Waals surface area contributed by atoms with Crippen LogP contribution >= 0.6 is 12.4 Å². The van der Waals surface area contributed by atoms with Gasteiger partial charge in [0.1, 0.15) is 0 Å². The molecule has 8 nitrogen and oxygen atoms in total. The average Bonchev–Trinajstić information content (AvgIpc) is 3.36. The van der Waals surface area contributed by atoms with Gasteiger partial charge in [-0.15, -0.1) is 12.4 Å². The van der Waals surface area contributed by atoms with Crippen molar-refractivity contribution in [3.05, 3.63) is 35.5 Å². The molecule has 3 aliphatic rings. The molecule has 29 heavy (non-hydrogen) atoms. The highest BCUT2D eigenvalue weighted by molar-refractivity contribution is 7.90. The van der Waals surface area contributed by atoms with Crippen molar-refractivity contribution in [3.8, 4) is 11.3 Å². The number of hydrogen-bond donors (Lipinski definition) is 1. The van der Waals surface area contributed by atoms with Crippen molar-refractivity contribution in [2.24, 2.45) is 0 Å². The van der Waals surface area contributed by atoms with Crippen LogP contribution in [0.4, 0.5) is 0 Å². The molecule has 0 saturated carbocycles. The van der Waals surface area contributed by atoms with Crippen molar-refractivity contribution in [1.29, 1.82) is 0 Å². The normalized spacial score (nSPS) is 22.5. The standard InChI is InChI=1S/C19H22N4O4S.ClH/c24-19(22-7-9-27-10-8-22)17-15-12-28(25,26)16-4-2-1-3-14(16)18(15)23(21-17)13-5-6-20-11-13;/h1-4,13,20H,5-12H2;1H. The largest absolute Gasteiger partial charge is 0.378 e. The fourth-order valence-corrected chi connectivity index (χ4v) is 5.89. The molecule has 0 aliphatic carbocycles. The van der Waals surface area contributed by atoms with Crippen LogP contribution < -0.4 is 5.32 Å². The molecule has 3 aliphatic heterocycles. The smallest absolute Gasteiger partial charge is 0.274 e. The van der Waals surface area contributed by atoms with Crippen molar-refractivity contribution in [3.63, 3.8) is 0 Å². The number of fused-ring (bicyclic) bond motifs is 3. The topological polar surface area (TPSA) is 93.5 Å². The Morgan fingerprint density at radius 3 is 2.69 bits per heavy atom. The number of hydrogen-bond acceptors (Lipinski definition) is 6. The first-order valence-corrected chi connectivity index (χ1v) is 11.2. The van der Waals surface area contributed by atoms with E-state index in [1.54, 1.807) is 17.0 Å². The number of halogens is 1. The van der Waals surface area contributed by atoms with E-state index in [4.69, 9.17) is 9.84 Å². The highest BCUT2D eigenvalue weighted by Crippen LogP contribution is 2.41. The van der Waals surface area contributed by atoms with E-state index < -0.39 is 9.84 Å². The Labute approximate surface area is 175 Å². The summed E-state index contributed by atoms with van der Waals surface area (Å²) in [4.78, 5) is 15.2. The lowest BCUT2D eigenvalue weighted by Crippen LogP contribution is -2.41. The third-order valence-corrected chi connectivity index (χ3v) is 7.40. The summed E-state index contributed by atoms with van der Waals surface area (Å²) in [6, 6.07) is 7.13. The number of sulfone groups is 1. The molecule has 156 valence electrons. The minimum absolute atomic E-state index is 0. The summed E-state index contributed by atoms with van der Waals surface area (Å²) in [6.07, 6.45) is 0.897. The monoisotopic (exact) mass is 438 g/mol. The molecular weight excluding hydrogens is 416 g/mol. The molecule has 0 radical (unpaired) electrons. The highest BCUT2D eigenvalue weighted by atomic mass is 35.5. The molecule has 1 atom stereocenters. The number of nitrogens with zero attached hydrogens (tertiary/aromatic N) is 3. The molecular formula is C19H23ClN4O4S. The summed E-state index contributed by atoms with van der Waals surface area (Å²) in [5.41, 5.74) is 2.21. The maximum atomic E-state index is 13.2. The molecule has 1 aromatic carbocycles. The summed E-state index contributed by atoms with van der Waals surface area (Å²) in [5, 5.41) is 8.02. The molecule has 1 aromatic heterocycles. The van der Waals surface area contributed by atoms with Crippen molar-refractivity contribution in [1.82, 2.24) is 20.0 Å². The van der Waals surface area contributed by atoms with Gasteiger partial charge in [-0.3, -0.25) is 9.48 Å². The fourth-order valence-electron chi connectivity index (χ4n) is 4.29. The second-order valence-electron chi connectivity index (χ2n) is 7.43. The average molecular weight is 439 g/mol. The number of rotatable bonds is 2. The summed E-state index contributed by atoms with van der Waals surface area (Å²) in [5.74, 6) is -0.399. The number of amides is 1. The lowest BCUT2D eigenvalue weighted by atomic mass is 10.0. The summed E-state index contributed by atoms with van der Waals surface area (Å²) < 4.78 is 33.1. The van der Waals surface area contributed by atoms with E-state index in [9.17, 15) is 13.2 Å². The molecule has 4 heterocycles. The Morgan fingerprint density at radius 2 is 1.97 bits per heavy atom. The highest BCUT2D eigenvalue weighted by Gasteiger charge is 2.38. The summed E-state index contributed by atoms with van der Waals surface area (Å²) in [7, 11) is -3.52. The molecule has 1 unspecified atom stereocenters. The second-order valence-corrected chi connectivity index (χ2v) is 9.38. The van der Waals surface area contributed by atoms with Gasteiger partial charge in [-0.25, -0.2) is 8.42 Å². The van der Waals surface area contributed by atoms with Gasteiger partial charge in [-0.05, 0) is 19.0 Å². The van der Waals surface area contributed by atoms with Crippen LogP contribution in [-0.4, -0.2) is 68.4 Å². The molecule has 2 saturated heterocycles. The van der Waals surface area contributed by atoms with Gasteiger partial charge in [0.2, 0.25) is 0 Å². The first-order chi connectivity index (χ1) is 13.6. The van der Waals surface area contributed by atoms with E-state index in [2.05, 4.69) is 5.32 Å². The Morgan fingerprint density at radius 1 is 1.21 bits per heavy atom. The van der Waals surface area contributed by atoms with E-state index in [1.165, 1.54) is 0 Å². The predicted molar refractivity (Wildman–Crippen MR) is 109 cm³/mol. The van der Waals surface area contributed by atoms with Crippen LogP contribution in [0.2, 0.25) is 0 Å². The van der Waals surface area contributed by atoms with E-state index >= 15 is 0 Å². The molecule has 1 amide bonds. The summed E-state index contributed by atoms with van der Waals surface area (Å²) >= 11 is 0. The zero-order chi connectivity index (χ0) is 19.3. The second kappa shape index (κ2) is 7.71. The number of carbonyl (C=O) groups excluding carboxylic acids is 1. The molecule has 0 bridgehead atoms. The fraction of sp³-hybridized carbons (Fsp3) is 0.474. The Bertz CT molecular complexity index is 1040. The van der Waals surface area contributed by atoms with Crippen molar-refractivity contribution >= 4 is 28.2 Å². The van der Waals surface area contributed by atoms with Crippen LogP contribution in [0.5, 0.6) is 0 Å². The number of morpholine rings is 1. The lowest BCUT2D eigenvalue weighted by Gasteiger charge is -2.26. The van der Waals surface area contributed by atoms with E-state index in [0.717, 1.165) is 25.2 Å². The minimum Gasteiger partial charge on any atom is -0.378 e. The minimum atomic E-state index is -3.52. The third kappa shape index (κ3) is 3.35. The molecule has 2 fully saturated rings. The summed E-state index contributed by atoms with van der Waals surface area (Å²) in [6.45, 7) is 3.61. The van der Waals surface area contributed by atoms with Crippen LogP contribution in [0.15, 0.2) is 29.2 Å². The first kappa shape index (κ1) is 20.3. The van der Waals surface area contributed by atoms with Gasteiger partial charge >= 0.3 is 0 Å². The quantitative estimate of drug-likeness (QED) is 0.758.